The van der Waals surface area contributed by atoms with Crippen LogP contribution in [-0.2, 0) is 17.9 Å². The van der Waals surface area contributed by atoms with Crippen molar-refractivity contribution in [1.29, 1.82) is 5.26 Å². The van der Waals surface area contributed by atoms with Gasteiger partial charge in [0.15, 0.2) is 6.10 Å². The molecule has 1 saturated heterocycles. The zero-order valence-corrected chi connectivity index (χ0v) is 25.7. The molecule has 5 rings (SSSR count). The van der Waals surface area contributed by atoms with E-state index in [2.05, 4.69) is 6.07 Å². The highest BCUT2D eigenvalue weighted by molar-refractivity contribution is 6.42. The van der Waals surface area contributed by atoms with E-state index in [0.717, 1.165) is 16.7 Å². The Labute approximate surface area is 270 Å². The molecule has 0 spiro atoms. The number of hydrogen-bond acceptors (Lipinski definition) is 6. The molecule has 0 saturated carbocycles. The summed E-state index contributed by atoms with van der Waals surface area (Å²) in [6, 6.07) is 12.9. The molecule has 1 fully saturated rings. The van der Waals surface area contributed by atoms with Crippen LogP contribution in [0.2, 0.25) is 10.0 Å². The van der Waals surface area contributed by atoms with E-state index >= 15 is 0 Å². The largest absolute Gasteiger partial charge is 0.488 e. The number of aromatic nitrogens is 2. The van der Waals surface area contributed by atoms with Crippen molar-refractivity contribution in [1.82, 2.24) is 14.0 Å². The molecule has 1 aliphatic rings. The minimum atomic E-state index is -1.59. The molecule has 1 aromatic heterocycles. The number of halogens is 5. The second-order valence-corrected chi connectivity index (χ2v) is 11.6. The number of piperidine rings is 1. The van der Waals surface area contributed by atoms with Crippen LogP contribution in [-0.4, -0.2) is 53.0 Å². The Morgan fingerprint density at radius 2 is 1.70 bits per heavy atom. The van der Waals surface area contributed by atoms with Crippen molar-refractivity contribution in [3.05, 3.63) is 102 Å². The Kier molecular flexibility index (Phi) is 10.2. The summed E-state index contributed by atoms with van der Waals surface area (Å²) in [6.07, 6.45) is -0.231. The van der Waals surface area contributed by atoms with Crippen molar-refractivity contribution in [2.24, 2.45) is 0 Å². The number of alkyl halides is 2. The lowest BCUT2D eigenvalue weighted by atomic mass is 10.0. The van der Waals surface area contributed by atoms with E-state index in [4.69, 9.17) is 32.7 Å². The van der Waals surface area contributed by atoms with Crippen molar-refractivity contribution < 1.29 is 27.4 Å². The molecule has 14 heteroatoms. The molecule has 2 heterocycles. The van der Waals surface area contributed by atoms with Gasteiger partial charge in [-0.1, -0.05) is 35.3 Å². The van der Waals surface area contributed by atoms with E-state index in [9.17, 15) is 32.8 Å². The third-order valence-corrected chi connectivity index (χ3v) is 8.48. The number of likely N-dealkylation sites (tertiary alicyclic amines) is 1. The van der Waals surface area contributed by atoms with Crippen LogP contribution in [0, 0.1) is 17.1 Å². The van der Waals surface area contributed by atoms with Crippen LogP contribution in [0.1, 0.15) is 35.6 Å². The second kappa shape index (κ2) is 14.3. The number of hydrogen-bond donors (Lipinski definition) is 0. The summed E-state index contributed by atoms with van der Waals surface area (Å²) in [5, 5.41) is 10.3. The molecule has 0 aliphatic carbocycles. The van der Waals surface area contributed by atoms with Gasteiger partial charge >= 0.3 is 5.69 Å². The van der Waals surface area contributed by atoms with Gasteiger partial charge in [0.2, 0.25) is 6.41 Å². The van der Waals surface area contributed by atoms with Crippen molar-refractivity contribution in [2.75, 3.05) is 26.4 Å². The first kappa shape index (κ1) is 32.9. The van der Waals surface area contributed by atoms with Gasteiger partial charge in [-0.05, 0) is 54.3 Å². The minimum Gasteiger partial charge on any atom is -0.488 e. The highest BCUT2D eigenvalue weighted by atomic mass is 35.5. The fourth-order valence-corrected chi connectivity index (χ4v) is 5.73. The Morgan fingerprint density at radius 3 is 2.35 bits per heavy atom. The van der Waals surface area contributed by atoms with E-state index in [1.807, 2.05) is 0 Å². The number of ether oxygens (including phenoxy) is 2. The Hall–Kier alpha value is -4.47. The maximum Gasteiger partial charge on any atom is 0.332 e. The smallest absolute Gasteiger partial charge is 0.332 e. The zero-order chi connectivity index (χ0) is 33.0. The standard InChI is InChI=1S/C32H27Cl2F3N4O5/c33-25-3-1-20(10-26(25)34)17-45-28-4-2-19(9-21(28)15-38)16-40-31(43)30-27(11-22(37)12-29(30)46-24(13-35)14-36)41(32(40)44)23-5-7-39(18-42)8-6-23/h1-4,9-12,18,23-24H,5-8,13-14,16-17H2. The Balaban J connectivity index is 1.57. The summed E-state index contributed by atoms with van der Waals surface area (Å²) in [5.74, 6) is -1.03. The summed E-state index contributed by atoms with van der Waals surface area (Å²) in [4.78, 5) is 40.7. The van der Waals surface area contributed by atoms with E-state index < -0.39 is 48.3 Å². The molecule has 4 aromatic rings. The van der Waals surface area contributed by atoms with Gasteiger partial charge in [-0.3, -0.25) is 18.7 Å². The molecule has 0 unspecified atom stereocenters. The highest BCUT2D eigenvalue weighted by Crippen LogP contribution is 2.30. The van der Waals surface area contributed by atoms with E-state index in [0.29, 0.717) is 53.5 Å². The predicted octanol–water partition coefficient (Wildman–Crippen LogP) is 5.59. The number of nitrogens with zero attached hydrogens (tertiary/aromatic N) is 4. The molecule has 0 bridgehead atoms. The van der Waals surface area contributed by atoms with Gasteiger partial charge in [0.25, 0.3) is 5.56 Å². The van der Waals surface area contributed by atoms with Gasteiger partial charge in [-0.25, -0.2) is 18.0 Å². The lowest BCUT2D eigenvalue weighted by molar-refractivity contribution is -0.119. The predicted molar refractivity (Wildman–Crippen MR) is 166 cm³/mol. The van der Waals surface area contributed by atoms with Crippen LogP contribution in [0.5, 0.6) is 11.5 Å². The number of nitriles is 1. The molecule has 240 valence electrons. The molecular weight excluding hydrogens is 648 g/mol. The first-order valence-electron chi connectivity index (χ1n) is 14.2. The van der Waals surface area contributed by atoms with Gasteiger partial charge in [0.1, 0.15) is 48.7 Å². The zero-order valence-electron chi connectivity index (χ0n) is 24.2. The number of rotatable bonds is 11. The van der Waals surface area contributed by atoms with Crippen molar-refractivity contribution in [3.8, 4) is 17.6 Å². The molecule has 46 heavy (non-hydrogen) atoms. The molecule has 3 aromatic carbocycles. The quantitative estimate of drug-likeness (QED) is 0.192. The molecule has 0 atom stereocenters. The number of carbonyl (C=O) groups excluding carboxylic acids is 1. The maximum absolute atomic E-state index is 14.9. The van der Waals surface area contributed by atoms with Crippen LogP contribution in [0.15, 0.2) is 58.1 Å². The van der Waals surface area contributed by atoms with Gasteiger partial charge in [-0.2, -0.15) is 5.26 Å². The van der Waals surface area contributed by atoms with Crippen LogP contribution < -0.4 is 20.7 Å². The Morgan fingerprint density at radius 1 is 0.978 bits per heavy atom. The van der Waals surface area contributed by atoms with Gasteiger partial charge < -0.3 is 14.4 Å². The number of carbonyl (C=O) groups is 1. The highest BCUT2D eigenvalue weighted by Gasteiger charge is 2.27. The summed E-state index contributed by atoms with van der Waals surface area (Å²) in [7, 11) is 0. The average molecular weight is 675 g/mol. The maximum atomic E-state index is 14.9. The van der Waals surface area contributed by atoms with Crippen LogP contribution in [0.4, 0.5) is 13.2 Å². The SMILES string of the molecule is N#Cc1cc(Cn2c(=O)c3c(OC(CF)CF)cc(F)cc3n(C3CCN(C=O)CC3)c2=O)ccc1OCc1ccc(Cl)c(Cl)c1. The van der Waals surface area contributed by atoms with Gasteiger partial charge in [-0.15, -0.1) is 0 Å². The summed E-state index contributed by atoms with van der Waals surface area (Å²) < 4.78 is 55.1. The van der Waals surface area contributed by atoms with Crippen molar-refractivity contribution >= 4 is 40.5 Å². The lowest BCUT2D eigenvalue weighted by Gasteiger charge is -2.31. The summed E-state index contributed by atoms with van der Waals surface area (Å²) >= 11 is 12.0. The topological polar surface area (TPSA) is 107 Å². The second-order valence-electron chi connectivity index (χ2n) is 10.7. The van der Waals surface area contributed by atoms with E-state index in [-0.39, 0.29) is 35.4 Å². The number of fused-ring (bicyclic) bond motifs is 1. The van der Waals surface area contributed by atoms with Gasteiger partial charge in [0, 0.05) is 25.2 Å². The third kappa shape index (κ3) is 6.85. The fourth-order valence-electron chi connectivity index (χ4n) is 5.41. The van der Waals surface area contributed by atoms with Crippen molar-refractivity contribution in [2.45, 2.75) is 38.1 Å². The first-order chi connectivity index (χ1) is 22.2. The van der Waals surface area contributed by atoms with E-state index in [1.165, 1.54) is 21.6 Å². The van der Waals surface area contributed by atoms with Gasteiger partial charge in [0.05, 0.1) is 27.7 Å². The van der Waals surface area contributed by atoms with Crippen LogP contribution in [0.3, 0.4) is 0 Å². The molecule has 1 aliphatic heterocycles. The normalized spacial score (nSPS) is 13.6. The number of benzene rings is 3. The molecule has 9 nitrogen and oxygen atoms in total. The van der Waals surface area contributed by atoms with E-state index in [1.54, 1.807) is 24.3 Å². The molecule has 0 radical (unpaired) electrons. The van der Waals surface area contributed by atoms with Crippen LogP contribution >= 0.6 is 23.2 Å². The summed E-state index contributed by atoms with van der Waals surface area (Å²) in [6.45, 7) is -2.04. The number of amides is 1. The first-order valence-corrected chi connectivity index (χ1v) is 15.0. The fraction of sp³-hybridized carbons (Fsp3) is 0.312. The van der Waals surface area contributed by atoms with Crippen molar-refractivity contribution in [3.63, 3.8) is 0 Å². The monoisotopic (exact) mass is 674 g/mol. The Bertz CT molecular complexity index is 1930. The minimum absolute atomic E-state index is 0.0841. The molecular formula is C32H27Cl2F3N4O5. The molecule has 1 amide bonds. The third-order valence-electron chi connectivity index (χ3n) is 7.74. The average Bonchev–Trinajstić information content (AvgIpc) is 3.06. The van der Waals surface area contributed by atoms with Crippen LogP contribution in [0.25, 0.3) is 10.9 Å². The summed E-state index contributed by atoms with van der Waals surface area (Å²) in [5.41, 5.74) is -0.481. The lowest BCUT2D eigenvalue weighted by Crippen LogP contribution is -2.44. The molecule has 0 N–H and O–H groups in total.